The molecule has 0 aliphatic rings. The summed E-state index contributed by atoms with van der Waals surface area (Å²) in [6.45, 7) is 9.27. The molecule has 0 heterocycles. The molecule has 6 heteroatoms. The van der Waals surface area contributed by atoms with Crippen LogP contribution in [0.2, 0.25) is 0 Å². The maximum absolute atomic E-state index is 12.6. The zero-order chi connectivity index (χ0) is 25.1. The minimum atomic E-state index is -0.586. The van der Waals surface area contributed by atoms with Crippen LogP contribution in [0, 0.1) is 5.92 Å². The fraction of sp³-hybridized carbons (Fsp3) is 0.464. The van der Waals surface area contributed by atoms with Crippen molar-refractivity contribution in [3.8, 4) is 11.1 Å². The van der Waals surface area contributed by atoms with Crippen LogP contribution >= 0.6 is 0 Å². The Morgan fingerprint density at radius 3 is 2.12 bits per heavy atom. The number of carbonyl (C=O) groups excluding carboxylic acids is 3. The minimum absolute atomic E-state index is 0.00895. The van der Waals surface area contributed by atoms with Crippen molar-refractivity contribution in [2.45, 2.75) is 71.9 Å². The lowest BCUT2D eigenvalue weighted by atomic mass is 9.94. The van der Waals surface area contributed by atoms with Gasteiger partial charge in [0.15, 0.2) is 0 Å². The third-order valence-corrected chi connectivity index (χ3v) is 5.21. The molecule has 0 aromatic heterocycles. The van der Waals surface area contributed by atoms with Crippen molar-refractivity contribution in [1.82, 2.24) is 5.32 Å². The van der Waals surface area contributed by atoms with Gasteiger partial charge in [-0.15, -0.1) is 0 Å². The molecule has 1 N–H and O–H groups in total. The van der Waals surface area contributed by atoms with E-state index in [-0.39, 0.29) is 36.7 Å². The van der Waals surface area contributed by atoms with Gasteiger partial charge in [0, 0.05) is 12.5 Å². The molecule has 2 atom stereocenters. The highest BCUT2D eigenvalue weighted by Crippen LogP contribution is 2.21. The molecule has 1 amide bonds. The Morgan fingerprint density at radius 1 is 0.912 bits per heavy atom. The number of benzene rings is 2. The van der Waals surface area contributed by atoms with Crippen molar-refractivity contribution < 1.29 is 23.9 Å². The summed E-state index contributed by atoms with van der Waals surface area (Å²) in [6.07, 6.45) is 1.05. The molecule has 0 radical (unpaired) electrons. The van der Waals surface area contributed by atoms with E-state index in [0.29, 0.717) is 19.4 Å². The number of rotatable bonds is 11. The van der Waals surface area contributed by atoms with E-state index in [9.17, 15) is 14.4 Å². The summed E-state index contributed by atoms with van der Waals surface area (Å²) >= 11 is 0. The Morgan fingerprint density at radius 2 is 1.53 bits per heavy atom. The number of esters is 2. The van der Waals surface area contributed by atoms with Gasteiger partial charge in [0.25, 0.3) is 0 Å². The summed E-state index contributed by atoms with van der Waals surface area (Å²) in [6, 6.07) is 18.0. The van der Waals surface area contributed by atoms with E-state index in [0.717, 1.165) is 16.7 Å². The largest absolute Gasteiger partial charge is 0.466 e. The molecule has 0 bridgehead atoms. The predicted octanol–water partition coefficient (Wildman–Crippen LogP) is 5.09. The topological polar surface area (TPSA) is 81.7 Å². The molecule has 0 fully saturated rings. The van der Waals surface area contributed by atoms with E-state index in [1.165, 1.54) is 0 Å². The van der Waals surface area contributed by atoms with Crippen LogP contribution in [0.1, 0.15) is 59.4 Å². The van der Waals surface area contributed by atoms with Crippen LogP contribution in [-0.4, -0.2) is 36.1 Å². The van der Waals surface area contributed by atoms with Crippen LogP contribution in [0.3, 0.4) is 0 Å². The van der Waals surface area contributed by atoms with Crippen LogP contribution in [-0.2, 0) is 30.3 Å². The minimum Gasteiger partial charge on any atom is -0.466 e. The van der Waals surface area contributed by atoms with Crippen LogP contribution in [0.15, 0.2) is 54.6 Å². The smallest absolute Gasteiger partial charge is 0.308 e. The molecule has 0 aliphatic carbocycles. The van der Waals surface area contributed by atoms with Gasteiger partial charge in [-0.1, -0.05) is 61.5 Å². The van der Waals surface area contributed by atoms with E-state index in [1.54, 1.807) is 34.6 Å². The van der Waals surface area contributed by atoms with Crippen molar-refractivity contribution in [3.05, 3.63) is 60.2 Å². The third kappa shape index (κ3) is 9.77. The maximum Gasteiger partial charge on any atom is 0.308 e. The highest BCUT2D eigenvalue weighted by atomic mass is 16.6. The Bertz CT molecular complexity index is 932. The Labute approximate surface area is 203 Å². The summed E-state index contributed by atoms with van der Waals surface area (Å²) in [4.78, 5) is 36.7. The highest BCUT2D eigenvalue weighted by molar-refractivity contribution is 5.81. The molecule has 2 aromatic rings. The van der Waals surface area contributed by atoms with Crippen molar-refractivity contribution in [2.75, 3.05) is 6.61 Å². The summed E-state index contributed by atoms with van der Waals surface area (Å²) in [5.41, 5.74) is 2.71. The van der Waals surface area contributed by atoms with Gasteiger partial charge >= 0.3 is 11.9 Å². The quantitative estimate of drug-likeness (QED) is 0.466. The first kappa shape index (κ1) is 27.1. The van der Waals surface area contributed by atoms with Gasteiger partial charge in [-0.05, 0) is 57.2 Å². The molecule has 0 saturated heterocycles. The van der Waals surface area contributed by atoms with E-state index >= 15 is 0 Å². The zero-order valence-corrected chi connectivity index (χ0v) is 20.9. The number of ether oxygens (including phenoxy) is 2. The number of hydrogen-bond acceptors (Lipinski definition) is 5. The van der Waals surface area contributed by atoms with Crippen molar-refractivity contribution in [2.24, 2.45) is 5.92 Å². The molecular formula is C28H37NO5. The molecule has 2 rings (SSSR count). The summed E-state index contributed by atoms with van der Waals surface area (Å²) in [5.74, 6) is -1.29. The van der Waals surface area contributed by atoms with Crippen molar-refractivity contribution in [1.29, 1.82) is 0 Å². The molecule has 184 valence electrons. The molecule has 34 heavy (non-hydrogen) atoms. The van der Waals surface area contributed by atoms with Crippen molar-refractivity contribution >= 4 is 17.8 Å². The lowest BCUT2D eigenvalue weighted by Gasteiger charge is -2.22. The molecular weight excluding hydrogens is 430 g/mol. The third-order valence-electron chi connectivity index (χ3n) is 5.21. The summed E-state index contributed by atoms with van der Waals surface area (Å²) < 4.78 is 10.4. The molecule has 0 unspecified atom stereocenters. The number of amides is 1. The Hall–Kier alpha value is -3.15. The summed E-state index contributed by atoms with van der Waals surface area (Å²) in [7, 11) is 0. The van der Waals surface area contributed by atoms with Gasteiger partial charge in [-0.3, -0.25) is 14.4 Å². The van der Waals surface area contributed by atoms with Gasteiger partial charge in [0.05, 0.1) is 18.9 Å². The molecule has 2 aromatic carbocycles. The Balaban J connectivity index is 2.04. The van der Waals surface area contributed by atoms with E-state index in [2.05, 4.69) is 29.6 Å². The molecule has 0 aliphatic heterocycles. The van der Waals surface area contributed by atoms with Crippen molar-refractivity contribution in [3.63, 3.8) is 0 Å². The summed E-state index contributed by atoms with van der Waals surface area (Å²) in [5, 5.41) is 3.00. The average Bonchev–Trinajstić information content (AvgIpc) is 2.78. The second kappa shape index (κ2) is 12.9. The standard InChI is InChI=1S/C28H37NO5/c1-6-33-27(32)20(2)18-24(29-25(30)16-17-26(31)34-28(3,4)5)19-21-12-14-23(15-13-21)22-10-8-7-9-11-22/h7-15,20,24H,6,16-19H2,1-5H3,(H,29,30)/t20-,24+/m1/s1. The second-order valence-electron chi connectivity index (χ2n) is 9.51. The lowest BCUT2D eigenvalue weighted by molar-refractivity contribution is -0.155. The predicted molar refractivity (Wildman–Crippen MR) is 133 cm³/mol. The zero-order valence-electron chi connectivity index (χ0n) is 20.9. The van der Waals surface area contributed by atoms with Crippen LogP contribution in [0.25, 0.3) is 11.1 Å². The molecule has 6 nitrogen and oxygen atoms in total. The van der Waals surface area contributed by atoms with Gasteiger partial charge in [0.1, 0.15) is 5.60 Å². The van der Waals surface area contributed by atoms with Gasteiger partial charge in [0.2, 0.25) is 5.91 Å². The molecule has 0 spiro atoms. The number of carbonyl (C=O) groups is 3. The molecule has 0 saturated carbocycles. The van der Waals surface area contributed by atoms with E-state index < -0.39 is 11.6 Å². The first-order chi connectivity index (χ1) is 16.1. The van der Waals surface area contributed by atoms with E-state index in [1.807, 2.05) is 30.3 Å². The van der Waals surface area contributed by atoms with Gasteiger partial charge in [-0.2, -0.15) is 0 Å². The SMILES string of the molecule is CCOC(=O)[C@H](C)C[C@@H](Cc1ccc(-c2ccccc2)cc1)NC(=O)CCC(=O)OC(C)(C)C. The van der Waals surface area contributed by atoms with Crippen LogP contribution in [0.4, 0.5) is 0 Å². The van der Waals surface area contributed by atoms with Crippen LogP contribution < -0.4 is 5.32 Å². The maximum atomic E-state index is 12.6. The first-order valence-corrected chi connectivity index (χ1v) is 11.9. The second-order valence-corrected chi connectivity index (χ2v) is 9.51. The number of hydrogen-bond donors (Lipinski definition) is 1. The fourth-order valence-electron chi connectivity index (χ4n) is 3.66. The van der Waals surface area contributed by atoms with E-state index in [4.69, 9.17) is 9.47 Å². The van der Waals surface area contributed by atoms with Crippen LogP contribution in [0.5, 0.6) is 0 Å². The lowest BCUT2D eigenvalue weighted by Crippen LogP contribution is -2.39. The monoisotopic (exact) mass is 467 g/mol. The first-order valence-electron chi connectivity index (χ1n) is 11.9. The number of nitrogens with one attached hydrogen (secondary N) is 1. The average molecular weight is 468 g/mol. The normalized spacial score (nSPS) is 13.0. The highest BCUT2D eigenvalue weighted by Gasteiger charge is 2.23. The fourth-order valence-corrected chi connectivity index (χ4v) is 3.66. The Kier molecular flexibility index (Phi) is 10.3. The van der Waals surface area contributed by atoms with Gasteiger partial charge in [-0.25, -0.2) is 0 Å². The van der Waals surface area contributed by atoms with Gasteiger partial charge < -0.3 is 14.8 Å².